The molecule has 5 nitrogen and oxygen atoms in total. The lowest BCUT2D eigenvalue weighted by Crippen LogP contribution is -2.27. The first kappa shape index (κ1) is 17.7. The highest BCUT2D eigenvalue weighted by Gasteiger charge is 2.24. The zero-order chi connectivity index (χ0) is 17.9. The first-order valence-electron chi connectivity index (χ1n) is 8.89. The van der Waals surface area contributed by atoms with Crippen molar-refractivity contribution in [1.29, 1.82) is 0 Å². The first-order valence-corrected chi connectivity index (χ1v) is 8.89. The van der Waals surface area contributed by atoms with E-state index in [1.807, 2.05) is 6.07 Å². The van der Waals surface area contributed by atoms with Crippen LogP contribution in [0.5, 0.6) is 0 Å². The number of rotatable bonds is 5. The van der Waals surface area contributed by atoms with Crippen LogP contribution in [0.25, 0.3) is 0 Å². The molecule has 2 aromatic rings. The summed E-state index contributed by atoms with van der Waals surface area (Å²) in [6, 6.07) is 13.0. The summed E-state index contributed by atoms with van der Waals surface area (Å²) in [5, 5.41) is 3.60. The Bertz CT molecular complexity index is 697. The van der Waals surface area contributed by atoms with Gasteiger partial charge in [-0.1, -0.05) is 39.0 Å². The Kier molecular flexibility index (Phi) is 5.23. The van der Waals surface area contributed by atoms with E-state index in [1.54, 1.807) is 7.11 Å². The van der Waals surface area contributed by atoms with E-state index in [-0.39, 0.29) is 5.41 Å². The number of nitrogens with one attached hydrogen (secondary N) is 1. The molecule has 0 amide bonds. The zero-order valence-corrected chi connectivity index (χ0v) is 15.6. The Balaban J connectivity index is 1.73. The third-order valence-electron chi connectivity index (χ3n) is 4.40. The van der Waals surface area contributed by atoms with Crippen molar-refractivity contribution in [1.82, 2.24) is 9.97 Å². The summed E-state index contributed by atoms with van der Waals surface area (Å²) < 4.78 is 5.27. The van der Waals surface area contributed by atoms with Gasteiger partial charge in [-0.25, -0.2) is 9.97 Å². The molecule has 0 bridgehead atoms. The average molecular weight is 340 g/mol. The molecular formula is C20H28N4O. The van der Waals surface area contributed by atoms with E-state index >= 15 is 0 Å². The van der Waals surface area contributed by atoms with Gasteiger partial charge in [0.1, 0.15) is 11.6 Å². The van der Waals surface area contributed by atoms with Crippen LogP contribution in [0, 0.1) is 0 Å². The largest absolute Gasteiger partial charge is 0.378 e. The fourth-order valence-electron chi connectivity index (χ4n) is 3.09. The van der Waals surface area contributed by atoms with Crippen LogP contribution in [0.4, 0.5) is 11.5 Å². The highest BCUT2D eigenvalue weighted by Crippen LogP contribution is 2.24. The predicted molar refractivity (Wildman–Crippen MR) is 102 cm³/mol. The van der Waals surface area contributed by atoms with Crippen LogP contribution in [0.15, 0.2) is 36.4 Å². The molecule has 5 heteroatoms. The van der Waals surface area contributed by atoms with Gasteiger partial charge in [-0.15, -0.1) is 0 Å². The molecule has 0 aliphatic carbocycles. The lowest BCUT2D eigenvalue weighted by molar-refractivity contribution is 0.181. The van der Waals surface area contributed by atoms with Crippen LogP contribution >= 0.6 is 0 Å². The minimum Gasteiger partial charge on any atom is -0.378 e. The summed E-state index contributed by atoms with van der Waals surface area (Å²) in [7, 11) is 1.70. The molecule has 1 fully saturated rings. The van der Waals surface area contributed by atoms with Gasteiger partial charge in [-0.3, -0.25) is 0 Å². The highest BCUT2D eigenvalue weighted by molar-refractivity contribution is 5.48. The van der Waals surface area contributed by atoms with Gasteiger partial charge in [0, 0.05) is 43.4 Å². The maximum atomic E-state index is 5.27. The standard InChI is InChI=1S/C20H28N4O/c1-20(2,3)19-22-16(14-25-4)12-18(23-19)21-15-10-11-24(13-15)17-8-6-5-7-9-17/h5-9,12,15H,10-11,13-14H2,1-4H3,(H,21,22,23). The molecule has 134 valence electrons. The minimum absolute atomic E-state index is 0.0913. The molecule has 1 atom stereocenters. The summed E-state index contributed by atoms with van der Waals surface area (Å²) in [5.74, 6) is 1.74. The van der Waals surface area contributed by atoms with Gasteiger partial charge in [-0.2, -0.15) is 0 Å². The maximum absolute atomic E-state index is 5.27. The van der Waals surface area contributed by atoms with Gasteiger partial charge in [0.05, 0.1) is 12.3 Å². The molecule has 1 aliphatic heterocycles. The Morgan fingerprint density at radius 1 is 1.20 bits per heavy atom. The molecular weight excluding hydrogens is 312 g/mol. The number of hydrogen-bond donors (Lipinski definition) is 1. The molecule has 1 aromatic carbocycles. The summed E-state index contributed by atoms with van der Waals surface area (Å²) in [6.07, 6.45) is 1.10. The van der Waals surface area contributed by atoms with E-state index in [2.05, 4.69) is 66.3 Å². The van der Waals surface area contributed by atoms with Crippen LogP contribution in [-0.4, -0.2) is 36.2 Å². The fourth-order valence-corrected chi connectivity index (χ4v) is 3.09. The van der Waals surface area contributed by atoms with E-state index in [9.17, 15) is 0 Å². The molecule has 0 radical (unpaired) electrons. The Morgan fingerprint density at radius 2 is 1.96 bits per heavy atom. The third kappa shape index (κ3) is 4.48. The van der Waals surface area contributed by atoms with Crippen LogP contribution in [0.2, 0.25) is 0 Å². The summed E-state index contributed by atoms with van der Waals surface area (Å²) in [6.45, 7) is 8.95. The van der Waals surface area contributed by atoms with Crippen molar-refractivity contribution < 1.29 is 4.74 Å². The number of anilines is 2. The molecule has 1 N–H and O–H groups in total. The number of ether oxygens (including phenoxy) is 1. The van der Waals surface area contributed by atoms with E-state index in [1.165, 1.54) is 5.69 Å². The van der Waals surface area contributed by atoms with Gasteiger partial charge in [-0.05, 0) is 18.6 Å². The SMILES string of the molecule is COCc1cc(NC2CCN(c3ccccc3)C2)nc(C(C)(C)C)n1. The van der Waals surface area contributed by atoms with Gasteiger partial charge in [0.15, 0.2) is 0 Å². The van der Waals surface area contributed by atoms with Crippen molar-refractivity contribution in [2.45, 2.75) is 45.3 Å². The first-order chi connectivity index (χ1) is 12.0. The van der Waals surface area contributed by atoms with E-state index < -0.39 is 0 Å². The average Bonchev–Trinajstić information content (AvgIpc) is 3.03. The van der Waals surface area contributed by atoms with E-state index in [0.29, 0.717) is 12.6 Å². The second-order valence-corrected chi connectivity index (χ2v) is 7.66. The fraction of sp³-hybridized carbons (Fsp3) is 0.500. The second kappa shape index (κ2) is 7.40. The number of nitrogens with zero attached hydrogens (tertiary/aromatic N) is 3. The van der Waals surface area contributed by atoms with Gasteiger partial charge >= 0.3 is 0 Å². The lowest BCUT2D eigenvalue weighted by Gasteiger charge is -2.21. The van der Waals surface area contributed by atoms with Crippen molar-refractivity contribution >= 4 is 11.5 Å². The molecule has 1 aliphatic rings. The molecule has 1 unspecified atom stereocenters. The number of aromatic nitrogens is 2. The highest BCUT2D eigenvalue weighted by atomic mass is 16.5. The number of methoxy groups -OCH3 is 1. The molecule has 3 rings (SSSR count). The van der Waals surface area contributed by atoms with E-state index in [0.717, 1.165) is 36.8 Å². The van der Waals surface area contributed by atoms with Crippen molar-refractivity contribution in [3.63, 3.8) is 0 Å². The predicted octanol–water partition coefficient (Wildman–Crippen LogP) is 3.61. The van der Waals surface area contributed by atoms with Crippen molar-refractivity contribution in [3.05, 3.63) is 47.9 Å². The summed E-state index contributed by atoms with van der Waals surface area (Å²) in [5.41, 5.74) is 2.11. The van der Waals surface area contributed by atoms with Crippen LogP contribution in [0.3, 0.4) is 0 Å². The Labute approximate surface area is 150 Å². The monoisotopic (exact) mass is 340 g/mol. The van der Waals surface area contributed by atoms with Gasteiger partial charge < -0.3 is 15.0 Å². The zero-order valence-electron chi connectivity index (χ0n) is 15.6. The number of hydrogen-bond acceptors (Lipinski definition) is 5. The number of benzene rings is 1. The normalized spacial score (nSPS) is 17.8. The third-order valence-corrected chi connectivity index (χ3v) is 4.40. The molecule has 1 aromatic heterocycles. The number of para-hydroxylation sites is 1. The summed E-state index contributed by atoms with van der Waals surface area (Å²) >= 11 is 0. The second-order valence-electron chi connectivity index (χ2n) is 7.66. The van der Waals surface area contributed by atoms with Crippen LogP contribution in [-0.2, 0) is 16.8 Å². The van der Waals surface area contributed by atoms with Gasteiger partial charge in [0.25, 0.3) is 0 Å². The van der Waals surface area contributed by atoms with Crippen LogP contribution in [0.1, 0.15) is 38.7 Å². The smallest absolute Gasteiger partial charge is 0.136 e. The minimum atomic E-state index is -0.0913. The van der Waals surface area contributed by atoms with E-state index in [4.69, 9.17) is 9.72 Å². The molecule has 1 saturated heterocycles. The van der Waals surface area contributed by atoms with Crippen molar-refractivity contribution in [3.8, 4) is 0 Å². The lowest BCUT2D eigenvalue weighted by atomic mass is 9.95. The Morgan fingerprint density at radius 3 is 2.64 bits per heavy atom. The van der Waals surface area contributed by atoms with Crippen LogP contribution < -0.4 is 10.2 Å². The summed E-state index contributed by atoms with van der Waals surface area (Å²) in [4.78, 5) is 11.8. The van der Waals surface area contributed by atoms with Crippen molar-refractivity contribution in [2.24, 2.45) is 0 Å². The molecule has 0 saturated carbocycles. The molecule has 2 heterocycles. The maximum Gasteiger partial charge on any atom is 0.136 e. The molecule has 25 heavy (non-hydrogen) atoms. The Hall–Kier alpha value is -2.14. The quantitative estimate of drug-likeness (QED) is 0.901. The van der Waals surface area contributed by atoms with Crippen molar-refractivity contribution in [2.75, 3.05) is 30.4 Å². The van der Waals surface area contributed by atoms with Gasteiger partial charge in [0.2, 0.25) is 0 Å². The molecule has 0 spiro atoms. The topological polar surface area (TPSA) is 50.3 Å².